The number of hydrogen-bond acceptors (Lipinski definition) is 4. The molecule has 0 saturated carbocycles. The van der Waals surface area contributed by atoms with Crippen LogP contribution < -0.4 is 10.6 Å². The summed E-state index contributed by atoms with van der Waals surface area (Å²) in [6.07, 6.45) is 0. The zero-order valence-electron chi connectivity index (χ0n) is 16.8. The number of aliphatic imine (C=N–C) groups is 1. The minimum absolute atomic E-state index is 0. The fraction of sp³-hybridized carbons (Fsp3) is 0.526. The van der Waals surface area contributed by atoms with E-state index in [4.69, 9.17) is 4.99 Å². The summed E-state index contributed by atoms with van der Waals surface area (Å²) in [7, 11) is 1.97. The predicted molar refractivity (Wildman–Crippen MR) is 126 cm³/mol. The summed E-state index contributed by atoms with van der Waals surface area (Å²) >= 11 is 1.94. The Bertz CT molecular complexity index is 709. The lowest BCUT2D eigenvalue weighted by atomic mass is 10.2. The van der Waals surface area contributed by atoms with Crippen molar-refractivity contribution in [3.05, 3.63) is 47.5 Å². The van der Waals surface area contributed by atoms with Crippen LogP contribution in [0.5, 0.6) is 0 Å². The molecule has 8 heteroatoms. The molecule has 150 valence electrons. The Labute approximate surface area is 184 Å². The van der Waals surface area contributed by atoms with Crippen LogP contribution in [0.4, 0.5) is 0 Å². The summed E-state index contributed by atoms with van der Waals surface area (Å²) in [6.45, 7) is 10.7. The van der Waals surface area contributed by atoms with Crippen molar-refractivity contribution < 1.29 is 0 Å². The third-order valence-electron chi connectivity index (χ3n) is 3.79. The van der Waals surface area contributed by atoms with Gasteiger partial charge in [0, 0.05) is 24.1 Å². The van der Waals surface area contributed by atoms with Gasteiger partial charge in [0.25, 0.3) is 0 Å². The van der Waals surface area contributed by atoms with Gasteiger partial charge in [-0.1, -0.05) is 51.1 Å². The number of halogens is 1. The highest BCUT2D eigenvalue weighted by molar-refractivity contribution is 14.0. The van der Waals surface area contributed by atoms with Crippen molar-refractivity contribution in [3.8, 4) is 0 Å². The number of nitrogens with one attached hydrogen (secondary N) is 2. The summed E-state index contributed by atoms with van der Waals surface area (Å²) in [5.74, 6) is 3.61. The highest BCUT2D eigenvalue weighted by Gasteiger charge is 2.10. The van der Waals surface area contributed by atoms with Gasteiger partial charge >= 0.3 is 0 Å². The van der Waals surface area contributed by atoms with Crippen LogP contribution in [-0.2, 0) is 20.1 Å². The van der Waals surface area contributed by atoms with Crippen molar-refractivity contribution >= 4 is 41.7 Å². The van der Waals surface area contributed by atoms with Crippen LogP contribution in [0.25, 0.3) is 0 Å². The fourth-order valence-electron chi connectivity index (χ4n) is 2.22. The molecule has 0 bridgehead atoms. The molecule has 2 aromatic rings. The molecule has 0 aliphatic carbocycles. The molecule has 2 rings (SSSR count). The molecule has 2 N–H and O–H groups in total. The van der Waals surface area contributed by atoms with E-state index in [1.807, 2.05) is 48.5 Å². The summed E-state index contributed by atoms with van der Waals surface area (Å²) in [4.78, 5) is 4.71. The summed E-state index contributed by atoms with van der Waals surface area (Å²) < 4.78 is 2.25. The molecule has 6 nitrogen and oxygen atoms in total. The minimum atomic E-state index is 0. The Kier molecular flexibility index (Phi) is 10.1. The molecule has 1 heterocycles. The zero-order chi connectivity index (χ0) is 19.0. The molecular formula is C19H31IN6S. The molecule has 1 aromatic carbocycles. The van der Waals surface area contributed by atoms with Crippen molar-refractivity contribution in [2.75, 3.05) is 12.3 Å². The monoisotopic (exact) mass is 502 g/mol. The smallest absolute Gasteiger partial charge is 0.192 e. The van der Waals surface area contributed by atoms with Crippen molar-refractivity contribution in [2.24, 2.45) is 12.0 Å². The van der Waals surface area contributed by atoms with E-state index in [0.29, 0.717) is 13.1 Å². The van der Waals surface area contributed by atoms with Gasteiger partial charge in [-0.15, -0.1) is 34.2 Å². The largest absolute Gasteiger partial charge is 0.356 e. The van der Waals surface area contributed by atoms with Crippen LogP contribution in [0.1, 0.15) is 38.0 Å². The van der Waals surface area contributed by atoms with Gasteiger partial charge in [-0.05, 0) is 12.5 Å². The standard InChI is InChI=1S/C19H30N6S.HI/c1-15-23-24-17(25(15)5)14-22-18(20-11-12-26-19(2,3)4)21-13-16-9-7-6-8-10-16;/h6-10H,11-14H2,1-5H3,(H2,20,21,22);1H. The molecule has 0 saturated heterocycles. The number of guanidine groups is 1. The fourth-order valence-corrected chi connectivity index (χ4v) is 3.04. The molecule has 0 fully saturated rings. The van der Waals surface area contributed by atoms with Crippen LogP contribution in [0, 0.1) is 6.92 Å². The van der Waals surface area contributed by atoms with Crippen LogP contribution >= 0.6 is 35.7 Å². The number of benzene rings is 1. The van der Waals surface area contributed by atoms with Crippen LogP contribution in [0.2, 0.25) is 0 Å². The van der Waals surface area contributed by atoms with E-state index in [2.05, 4.69) is 53.7 Å². The molecule has 0 unspecified atom stereocenters. The number of thioether (sulfide) groups is 1. The molecule has 1 aromatic heterocycles. The highest BCUT2D eigenvalue weighted by atomic mass is 127. The highest BCUT2D eigenvalue weighted by Crippen LogP contribution is 2.21. The van der Waals surface area contributed by atoms with Gasteiger partial charge < -0.3 is 15.2 Å². The summed E-state index contributed by atoms with van der Waals surface area (Å²) in [5.41, 5.74) is 1.19. The van der Waals surface area contributed by atoms with Crippen molar-refractivity contribution in [1.29, 1.82) is 0 Å². The zero-order valence-corrected chi connectivity index (χ0v) is 20.0. The maximum absolute atomic E-state index is 4.71. The Morgan fingerprint density at radius 2 is 1.85 bits per heavy atom. The Balaban J connectivity index is 0.00000364. The Hall–Kier alpha value is -1.29. The first-order valence-corrected chi connectivity index (χ1v) is 9.88. The second-order valence-electron chi connectivity index (χ2n) is 7.11. The van der Waals surface area contributed by atoms with Gasteiger partial charge in [0.05, 0.1) is 13.1 Å². The first-order chi connectivity index (χ1) is 12.3. The van der Waals surface area contributed by atoms with Crippen molar-refractivity contribution in [3.63, 3.8) is 0 Å². The SMILES string of the molecule is Cc1nnc(CNC(=NCc2ccccc2)NCCSC(C)(C)C)n1C.I. The first kappa shape index (κ1) is 23.7. The van der Waals surface area contributed by atoms with Crippen LogP contribution in [0.15, 0.2) is 35.3 Å². The Morgan fingerprint density at radius 3 is 2.44 bits per heavy atom. The van der Waals surface area contributed by atoms with E-state index in [1.54, 1.807) is 0 Å². The van der Waals surface area contributed by atoms with E-state index in [0.717, 1.165) is 29.9 Å². The summed E-state index contributed by atoms with van der Waals surface area (Å²) in [5, 5.41) is 15.1. The van der Waals surface area contributed by atoms with E-state index in [-0.39, 0.29) is 28.7 Å². The topological polar surface area (TPSA) is 67.1 Å². The van der Waals surface area contributed by atoms with Crippen LogP contribution in [0.3, 0.4) is 0 Å². The molecule has 0 spiro atoms. The lowest BCUT2D eigenvalue weighted by molar-refractivity contribution is 0.718. The Morgan fingerprint density at radius 1 is 1.15 bits per heavy atom. The average molecular weight is 502 g/mol. The minimum Gasteiger partial charge on any atom is -0.356 e. The molecular weight excluding hydrogens is 471 g/mol. The lowest BCUT2D eigenvalue weighted by Crippen LogP contribution is -2.39. The quantitative estimate of drug-likeness (QED) is 0.263. The number of aryl methyl sites for hydroxylation is 1. The molecule has 27 heavy (non-hydrogen) atoms. The van der Waals surface area contributed by atoms with Gasteiger partial charge in [0.1, 0.15) is 5.82 Å². The molecule has 0 amide bonds. The van der Waals surface area contributed by atoms with Gasteiger partial charge in [-0.2, -0.15) is 11.8 Å². The number of aromatic nitrogens is 3. The van der Waals surface area contributed by atoms with E-state index in [1.165, 1.54) is 5.56 Å². The second kappa shape index (κ2) is 11.5. The second-order valence-corrected chi connectivity index (χ2v) is 9.04. The van der Waals surface area contributed by atoms with Crippen molar-refractivity contribution in [2.45, 2.75) is 45.5 Å². The first-order valence-electron chi connectivity index (χ1n) is 8.90. The van der Waals surface area contributed by atoms with Crippen LogP contribution in [-0.4, -0.2) is 37.8 Å². The van der Waals surface area contributed by atoms with E-state index < -0.39 is 0 Å². The number of nitrogens with zero attached hydrogens (tertiary/aromatic N) is 4. The third kappa shape index (κ3) is 8.96. The molecule has 0 aliphatic rings. The van der Waals surface area contributed by atoms with Gasteiger partial charge in [0.2, 0.25) is 0 Å². The van der Waals surface area contributed by atoms with Gasteiger partial charge in [-0.3, -0.25) is 0 Å². The number of hydrogen-bond donors (Lipinski definition) is 2. The normalized spacial score (nSPS) is 11.8. The average Bonchev–Trinajstić information content (AvgIpc) is 2.92. The third-order valence-corrected chi connectivity index (χ3v) is 5.06. The molecule has 0 radical (unpaired) electrons. The maximum Gasteiger partial charge on any atom is 0.192 e. The van der Waals surface area contributed by atoms with E-state index >= 15 is 0 Å². The lowest BCUT2D eigenvalue weighted by Gasteiger charge is -2.18. The maximum atomic E-state index is 4.71. The number of rotatable bonds is 7. The van der Waals surface area contributed by atoms with Gasteiger partial charge in [0.15, 0.2) is 11.8 Å². The van der Waals surface area contributed by atoms with E-state index in [9.17, 15) is 0 Å². The van der Waals surface area contributed by atoms with Gasteiger partial charge in [-0.25, -0.2) is 4.99 Å². The van der Waals surface area contributed by atoms with Crippen molar-refractivity contribution in [1.82, 2.24) is 25.4 Å². The summed E-state index contributed by atoms with van der Waals surface area (Å²) in [6, 6.07) is 10.3. The molecule has 0 aliphatic heterocycles. The molecule has 0 atom stereocenters. The predicted octanol–water partition coefficient (Wildman–Crippen LogP) is 3.51.